The Bertz CT molecular complexity index is 504. The minimum Gasteiger partial charge on any atom is -0.381 e. The molecule has 7 heteroatoms. The van der Waals surface area contributed by atoms with E-state index in [1.165, 1.54) is 0 Å². The van der Waals surface area contributed by atoms with Crippen molar-refractivity contribution in [2.24, 2.45) is 11.7 Å². The molecule has 0 spiro atoms. The highest BCUT2D eigenvalue weighted by Gasteiger charge is 2.21. The second-order valence-electron chi connectivity index (χ2n) is 4.87. The van der Waals surface area contributed by atoms with Crippen LogP contribution in [0, 0.1) is 5.92 Å². The molecule has 19 heavy (non-hydrogen) atoms. The Kier molecular flexibility index (Phi) is 3.56. The fraction of sp³-hybridized carbons (Fsp3) is 0.583. The fourth-order valence-corrected chi connectivity index (χ4v) is 2.22. The first-order valence-corrected chi connectivity index (χ1v) is 6.44. The molecule has 1 fully saturated rings. The number of imidazole rings is 1. The van der Waals surface area contributed by atoms with Gasteiger partial charge < -0.3 is 20.0 Å². The third-order valence-electron chi connectivity index (χ3n) is 3.29. The Labute approximate surface area is 110 Å². The molecule has 2 atom stereocenters. The van der Waals surface area contributed by atoms with Crippen molar-refractivity contribution in [3.63, 3.8) is 0 Å². The number of hydrogen-bond acceptors (Lipinski definition) is 6. The SMILES string of the molecule is NC(Cc1cnc[nH]1)c1nc(CC2CCOC2)no1. The van der Waals surface area contributed by atoms with Crippen molar-refractivity contribution in [1.82, 2.24) is 20.1 Å². The van der Waals surface area contributed by atoms with Crippen LogP contribution in [0.2, 0.25) is 0 Å². The standard InChI is InChI=1S/C12H17N5O2/c13-10(4-9-5-14-7-15-9)12-16-11(17-19-12)3-8-1-2-18-6-8/h5,7-8,10H,1-4,6,13H2,(H,14,15). The first kappa shape index (κ1) is 12.3. The lowest BCUT2D eigenvalue weighted by molar-refractivity contribution is 0.185. The third kappa shape index (κ3) is 2.99. The van der Waals surface area contributed by atoms with Crippen molar-refractivity contribution in [1.29, 1.82) is 0 Å². The van der Waals surface area contributed by atoms with Gasteiger partial charge in [0.05, 0.1) is 12.4 Å². The van der Waals surface area contributed by atoms with Gasteiger partial charge >= 0.3 is 0 Å². The van der Waals surface area contributed by atoms with E-state index in [0.717, 1.165) is 31.7 Å². The van der Waals surface area contributed by atoms with Crippen molar-refractivity contribution >= 4 is 0 Å². The summed E-state index contributed by atoms with van der Waals surface area (Å²) in [4.78, 5) is 11.3. The van der Waals surface area contributed by atoms with Gasteiger partial charge in [0.2, 0.25) is 5.89 Å². The molecule has 0 aliphatic carbocycles. The zero-order valence-electron chi connectivity index (χ0n) is 10.6. The Hall–Kier alpha value is -1.73. The average Bonchev–Trinajstić information content (AvgIpc) is 3.10. The normalized spacial score (nSPS) is 20.8. The summed E-state index contributed by atoms with van der Waals surface area (Å²) >= 11 is 0. The number of H-pyrrole nitrogens is 1. The van der Waals surface area contributed by atoms with Gasteiger partial charge in [-0.1, -0.05) is 5.16 Å². The Morgan fingerprint density at radius 3 is 3.21 bits per heavy atom. The molecule has 0 aromatic carbocycles. The number of nitrogens with one attached hydrogen (secondary N) is 1. The number of aromatic nitrogens is 4. The zero-order chi connectivity index (χ0) is 13.1. The highest BCUT2D eigenvalue weighted by atomic mass is 16.5. The first-order chi connectivity index (χ1) is 9.31. The molecule has 1 aliphatic heterocycles. The average molecular weight is 263 g/mol. The molecule has 1 saturated heterocycles. The summed E-state index contributed by atoms with van der Waals surface area (Å²) in [6.07, 6.45) is 5.83. The number of hydrogen-bond donors (Lipinski definition) is 2. The van der Waals surface area contributed by atoms with Crippen molar-refractivity contribution in [3.05, 3.63) is 29.9 Å². The van der Waals surface area contributed by atoms with Gasteiger partial charge in [-0.25, -0.2) is 4.98 Å². The highest BCUT2D eigenvalue weighted by Crippen LogP contribution is 2.18. The van der Waals surface area contributed by atoms with E-state index < -0.39 is 0 Å². The maximum Gasteiger partial charge on any atom is 0.243 e. The Balaban J connectivity index is 1.60. The van der Waals surface area contributed by atoms with E-state index in [2.05, 4.69) is 20.1 Å². The van der Waals surface area contributed by atoms with Gasteiger partial charge in [0.25, 0.3) is 0 Å². The monoisotopic (exact) mass is 263 g/mol. The van der Waals surface area contributed by atoms with Crippen molar-refractivity contribution in [2.75, 3.05) is 13.2 Å². The van der Waals surface area contributed by atoms with Crippen molar-refractivity contribution in [2.45, 2.75) is 25.3 Å². The lowest BCUT2D eigenvalue weighted by Crippen LogP contribution is -2.14. The first-order valence-electron chi connectivity index (χ1n) is 6.44. The van der Waals surface area contributed by atoms with Crippen molar-refractivity contribution in [3.8, 4) is 0 Å². The van der Waals surface area contributed by atoms with Gasteiger partial charge in [-0.15, -0.1) is 0 Å². The topological polar surface area (TPSA) is 103 Å². The lowest BCUT2D eigenvalue weighted by atomic mass is 10.1. The van der Waals surface area contributed by atoms with E-state index >= 15 is 0 Å². The summed E-state index contributed by atoms with van der Waals surface area (Å²) in [5.74, 6) is 1.68. The Morgan fingerprint density at radius 1 is 1.53 bits per heavy atom. The molecular weight excluding hydrogens is 246 g/mol. The summed E-state index contributed by atoms with van der Waals surface area (Å²) < 4.78 is 10.6. The molecule has 2 unspecified atom stereocenters. The molecule has 3 heterocycles. The molecule has 2 aromatic heterocycles. The fourth-order valence-electron chi connectivity index (χ4n) is 2.22. The molecule has 0 bridgehead atoms. The number of rotatable bonds is 5. The number of aromatic amines is 1. The molecule has 1 aliphatic rings. The smallest absolute Gasteiger partial charge is 0.243 e. The van der Waals surface area contributed by atoms with Crippen LogP contribution in [0.25, 0.3) is 0 Å². The van der Waals surface area contributed by atoms with Gasteiger partial charge in [0, 0.05) is 37.9 Å². The molecular formula is C12H17N5O2. The van der Waals surface area contributed by atoms with E-state index in [-0.39, 0.29) is 6.04 Å². The highest BCUT2D eigenvalue weighted by molar-refractivity contribution is 5.02. The third-order valence-corrected chi connectivity index (χ3v) is 3.29. The summed E-state index contributed by atoms with van der Waals surface area (Å²) in [6.45, 7) is 1.61. The summed E-state index contributed by atoms with van der Waals surface area (Å²) in [5.41, 5.74) is 6.99. The predicted molar refractivity (Wildman–Crippen MR) is 66.1 cm³/mol. The predicted octanol–water partition coefficient (Wildman–Crippen LogP) is 0.614. The minimum absolute atomic E-state index is 0.304. The molecule has 7 nitrogen and oxygen atoms in total. The molecule has 3 rings (SSSR count). The van der Waals surface area contributed by atoms with Crippen LogP contribution in [-0.4, -0.2) is 33.3 Å². The van der Waals surface area contributed by atoms with E-state index in [1.54, 1.807) is 12.5 Å². The van der Waals surface area contributed by atoms with E-state index in [4.69, 9.17) is 15.0 Å². The van der Waals surface area contributed by atoms with E-state index in [9.17, 15) is 0 Å². The van der Waals surface area contributed by atoms with Crippen LogP contribution in [0.5, 0.6) is 0 Å². The summed E-state index contributed by atoms with van der Waals surface area (Å²) in [6, 6.07) is -0.304. The largest absolute Gasteiger partial charge is 0.381 e. The molecule has 0 saturated carbocycles. The van der Waals surface area contributed by atoms with Crippen LogP contribution in [-0.2, 0) is 17.6 Å². The van der Waals surface area contributed by atoms with Crippen LogP contribution in [0.4, 0.5) is 0 Å². The quantitative estimate of drug-likeness (QED) is 0.819. The molecule has 0 radical (unpaired) electrons. The number of ether oxygens (including phenoxy) is 1. The summed E-state index contributed by atoms with van der Waals surface area (Å²) in [7, 11) is 0. The van der Waals surface area contributed by atoms with Crippen LogP contribution >= 0.6 is 0 Å². The second kappa shape index (κ2) is 5.50. The van der Waals surface area contributed by atoms with Crippen LogP contribution < -0.4 is 5.73 Å². The van der Waals surface area contributed by atoms with Gasteiger partial charge in [-0.05, 0) is 12.3 Å². The van der Waals surface area contributed by atoms with Crippen LogP contribution in [0.15, 0.2) is 17.0 Å². The molecule has 2 aromatic rings. The van der Waals surface area contributed by atoms with E-state index in [0.29, 0.717) is 24.1 Å². The zero-order valence-corrected chi connectivity index (χ0v) is 10.6. The summed E-state index contributed by atoms with van der Waals surface area (Å²) in [5, 5.41) is 3.98. The maximum atomic E-state index is 6.04. The molecule has 3 N–H and O–H groups in total. The minimum atomic E-state index is -0.304. The van der Waals surface area contributed by atoms with E-state index in [1.807, 2.05) is 0 Å². The van der Waals surface area contributed by atoms with Crippen LogP contribution in [0.1, 0.15) is 29.9 Å². The lowest BCUT2D eigenvalue weighted by Gasteiger charge is -2.04. The van der Waals surface area contributed by atoms with Gasteiger partial charge in [-0.3, -0.25) is 0 Å². The van der Waals surface area contributed by atoms with Crippen LogP contribution in [0.3, 0.4) is 0 Å². The number of nitrogens with two attached hydrogens (primary N) is 1. The van der Waals surface area contributed by atoms with Gasteiger partial charge in [0.1, 0.15) is 0 Å². The molecule has 0 amide bonds. The molecule has 102 valence electrons. The van der Waals surface area contributed by atoms with Gasteiger partial charge in [-0.2, -0.15) is 4.98 Å². The number of nitrogens with zero attached hydrogens (tertiary/aromatic N) is 3. The Morgan fingerprint density at radius 2 is 2.47 bits per heavy atom. The maximum absolute atomic E-state index is 6.04. The van der Waals surface area contributed by atoms with Crippen molar-refractivity contribution < 1.29 is 9.26 Å². The van der Waals surface area contributed by atoms with Gasteiger partial charge in [0.15, 0.2) is 5.82 Å². The second-order valence-corrected chi connectivity index (χ2v) is 4.87.